The molecule has 0 saturated carbocycles. The van der Waals surface area contributed by atoms with Crippen LogP contribution in [-0.2, 0) is 0 Å². The Balaban J connectivity index is 2.18. The number of hydrogen-bond donors (Lipinski definition) is 1. The lowest BCUT2D eigenvalue weighted by atomic mass is 10.1. The number of nitrogens with zero attached hydrogens (tertiary/aromatic N) is 2. The molecule has 2 aromatic rings. The van der Waals surface area contributed by atoms with Crippen molar-refractivity contribution in [2.75, 3.05) is 19.0 Å². The molecule has 1 atom stereocenters. The molecule has 1 N–H and O–H groups in total. The van der Waals surface area contributed by atoms with E-state index in [4.69, 9.17) is 11.6 Å². The molecule has 0 fully saturated rings. The standard InChI is InChI=1S/C16H18ClN3O/c1-11(12-6-4-7-13(17)10-12)19-16(21)14-8-5-9-18-15(14)20(2)3/h4-11H,1-3H3,(H,19,21)/t11-/m0/s1. The van der Waals surface area contributed by atoms with E-state index in [-0.39, 0.29) is 11.9 Å². The summed E-state index contributed by atoms with van der Waals surface area (Å²) >= 11 is 5.98. The van der Waals surface area contributed by atoms with Crippen molar-refractivity contribution in [3.8, 4) is 0 Å². The fourth-order valence-electron chi connectivity index (χ4n) is 2.06. The van der Waals surface area contributed by atoms with Crippen molar-refractivity contribution in [2.45, 2.75) is 13.0 Å². The van der Waals surface area contributed by atoms with E-state index in [1.807, 2.05) is 50.2 Å². The molecular weight excluding hydrogens is 286 g/mol. The molecule has 0 aliphatic carbocycles. The summed E-state index contributed by atoms with van der Waals surface area (Å²) in [6, 6.07) is 10.9. The van der Waals surface area contributed by atoms with Crippen molar-refractivity contribution in [2.24, 2.45) is 0 Å². The van der Waals surface area contributed by atoms with Crippen molar-refractivity contribution in [1.29, 1.82) is 0 Å². The first-order chi connectivity index (χ1) is 9.99. The third kappa shape index (κ3) is 3.73. The van der Waals surface area contributed by atoms with E-state index in [0.29, 0.717) is 16.4 Å². The van der Waals surface area contributed by atoms with Gasteiger partial charge in [-0.3, -0.25) is 4.79 Å². The summed E-state index contributed by atoms with van der Waals surface area (Å²) in [6.45, 7) is 1.93. The van der Waals surface area contributed by atoms with Crippen molar-refractivity contribution in [3.63, 3.8) is 0 Å². The van der Waals surface area contributed by atoms with E-state index in [0.717, 1.165) is 5.56 Å². The number of pyridine rings is 1. The van der Waals surface area contributed by atoms with Crippen molar-refractivity contribution < 1.29 is 4.79 Å². The molecule has 0 aliphatic rings. The van der Waals surface area contributed by atoms with Gasteiger partial charge in [0, 0.05) is 25.3 Å². The summed E-state index contributed by atoms with van der Waals surface area (Å²) in [6.07, 6.45) is 1.67. The van der Waals surface area contributed by atoms with Gasteiger partial charge in [-0.15, -0.1) is 0 Å². The SMILES string of the molecule is C[C@H](NC(=O)c1cccnc1N(C)C)c1cccc(Cl)c1. The monoisotopic (exact) mass is 303 g/mol. The fraction of sp³-hybridized carbons (Fsp3) is 0.250. The lowest BCUT2D eigenvalue weighted by Gasteiger charge is -2.18. The predicted octanol–water partition coefficient (Wildman–Crippen LogP) is 3.29. The van der Waals surface area contributed by atoms with Crippen LogP contribution in [0, 0.1) is 0 Å². The Labute approximate surface area is 129 Å². The lowest BCUT2D eigenvalue weighted by Crippen LogP contribution is -2.28. The largest absolute Gasteiger partial charge is 0.362 e. The van der Waals surface area contributed by atoms with Gasteiger partial charge in [0.25, 0.3) is 5.91 Å². The quantitative estimate of drug-likeness (QED) is 0.942. The zero-order valence-corrected chi connectivity index (χ0v) is 13.1. The minimum Gasteiger partial charge on any atom is -0.362 e. The lowest BCUT2D eigenvalue weighted by molar-refractivity contribution is 0.0940. The van der Waals surface area contributed by atoms with Gasteiger partial charge < -0.3 is 10.2 Å². The number of rotatable bonds is 4. The van der Waals surface area contributed by atoms with Gasteiger partial charge in [-0.25, -0.2) is 4.98 Å². The Morgan fingerprint density at radius 3 is 2.71 bits per heavy atom. The Morgan fingerprint density at radius 2 is 2.05 bits per heavy atom. The number of nitrogens with one attached hydrogen (secondary N) is 1. The number of aromatic nitrogens is 1. The van der Waals surface area contributed by atoms with Crippen LogP contribution >= 0.6 is 11.6 Å². The van der Waals surface area contributed by atoms with Gasteiger partial charge >= 0.3 is 0 Å². The van der Waals surface area contributed by atoms with Crippen LogP contribution in [0.2, 0.25) is 5.02 Å². The zero-order valence-electron chi connectivity index (χ0n) is 12.3. The summed E-state index contributed by atoms with van der Waals surface area (Å²) in [5.74, 6) is 0.493. The number of halogens is 1. The Kier molecular flexibility index (Phi) is 4.81. The molecule has 0 bridgehead atoms. The first-order valence-electron chi connectivity index (χ1n) is 6.67. The second-order valence-corrected chi connectivity index (χ2v) is 5.46. The average molecular weight is 304 g/mol. The maximum Gasteiger partial charge on any atom is 0.255 e. The number of hydrogen-bond acceptors (Lipinski definition) is 3. The predicted molar refractivity (Wildman–Crippen MR) is 85.9 cm³/mol. The molecule has 0 aliphatic heterocycles. The third-order valence-corrected chi connectivity index (χ3v) is 3.39. The first kappa shape index (κ1) is 15.3. The van der Waals surface area contributed by atoms with Crippen LogP contribution in [0.4, 0.5) is 5.82 Å². The highest BCUT2D eigenvalue weighted by Gasteiger charge is 2.16. The highest BCUT2D eigenvalue weighted by molar-refractivity contribution is 6.30. The molecule has 1 aromatic carbocycles. The topological polar surface area (TPSA) is 45.2 Å². The summed E-state index contributed by atoms with van der Waals surface area (Å²) in [7, 11) is 3.72. The Hall–Kier alpha value is -2.07. The molecule has 110 valence electrons. The smallest absolute Gasteiger partial charge is 0.255 e. The van der Waals surface area contributed by atoms with Crippen LogP contribution < -0.4 is 10.2 Å². The van der Waals surface area contributed by atoms with Gasteiger partial charge in [0.15, 0.2) is 0 Å². The van der Waals surface area contributed by atoms with Crippen LogP contribution in [0.25, 0.3) is 0 Å². The van der Waals surface area contributed by atoms with Crippen LogP contribution in [-0.4, -0.2) is 25.0 Å². The molecule has 0 spiro atoms. The number of carbonyl (C=O) groups is 1. The van der Waals surface area contributed by atoms with Gasteiger partial charge in [0.1, 0.15) is 5.82 Å². The highest BCUT2D eigenvalue weighted by Crippen LogP contribution is 2.19. The Morgan fingerprint density at radius 1 is 1.29 bits per heavy atom. The molecular formula is C16H18ClN3O. The maximum absolute atomic E-state index is 12.4. The molecule has 21 heavy (non-hydrogen) atoms. The van der Waals surface area contributed by atoms with E-state index < -0.39 is 0 Å². The first-order valence-corrected chi connectivity index (χ1v) is 7.05. The average Bonchev–Trinajstić information content (AvgIpc) is 2.47. The molecule has 2 rings (SSSR count). The third-order valence-electron chi connectivity index (χ3n) is 3.15. The molecule has 4 nitrogen and oxygen atoms in total. The van der Waals surface area contributed by atoms with Crippen LogP contribution in [0.15, 0.2) is 42.6 Å². The molecule has 5 heteroatoms. The number of amides is 1. The molecule has 1 aromatic heterocycles. The van der Waals surface area contributed by atoms with E-state index in [2.05, 4.69) is 10.3 Å². The van der Waals surface area contributed by atoms with Gasteiger partial charge in [0.2, 0.25) is 0 Å². The van der Waals surface area contributed by atoms with Crippen LogP contribution in [0.1, 0.15) is 28.9 Å². The van der Waals surface area contributed by atoms with Crippen molar-refractivity contribution in [1.82, 2.24) is 10.3 Å². The summed E-state index contributed by atoms with van der Waals surface area (Å²) in [5.41, 5.74) is 1.52. The minimum absolute atomic E-state index is 0.133. The summed E-state index contributed by atoms with van der Waals surface area (Å²) in [4.78, 5) is 18.5. The molecule has 1 heterocycles. The van der Waals surface area contributed by atoms with Crippen molar-refractivity contribution in [3.05, 3.63) is 58.7 Å². The zero-order chi connectivity index (χ0) is 15.4. The van der Waals surface area contributed by atoms with Gasteiger partial charge in [-0.1, -0.05) is 23.7 Å². The van der Waals surface area contributed by atoms with E-state index in [9.17, 15) is 4.79 Å². The van der Waals surface area contributed by atoms with Gasteiger partial charge in [-0.2, -0.15) is 0 Å². The second-order valence-electron chi connectivity index (χ2n) is 5.02. The summed E-state index contributed by atoms with van der Waals surface area (Å²) < 4.78 is 0. The molecule has 0 saturated heterocycles. The van der Waals surface area contributed by atoms with Crippen LogP contribution in [0.5, 0.6) is 0 Å². The van der Waals surface area contributed by atoms with E-state index in [1.165, 1.54) is 0 Å². The van der Waals surface area contributed by atoms with Crippen LogP contribution in [0.3, 0.4) is 0 Å². The number of anilines is 1. The maximum atomic E-state index is 12.4. The fourth-order valence-corrected chi connectivity index (χ4v) is 2.26. The van der Waals surface area contributed by atoms with E-state index >= 15 is 0 Å². The normalized spacial score (nSPS) is 11.8. The molecule has 0 radical (unpaired) electrons. The van der Waals surface area contributed by atoms with Gasteiger partial charge in [-0.05, 0) is 36.8 Å². The van der Waals surface area contributed by atoms with Gasteiger partial charge in [0.05, 0.1) is 11.6 Å². The second kappa shape index (κ2) is 6.59. The minimum atomic E-state index is -0.153. The van der Waals surface area contributed by atoms with E-state index in [1.54, 1.807) is 18.3 Å². The highest BCUT2D eigenvalue weighted by atomic mass is 35.5. The summed E-state index contributed by atoms with van der Waals surface area (Å²) in [5, 5.41) is 3.63. The Bertz CT molecular complexity index is 643. The molecule has 0 unspecified atom stereocenters. The number of carbonyl (C=O) groups excluding carboxylic acids is 1. The molecule has 1 amide bonds. The van der Waals surface area contributed by atoms with Crippen molar-refractivity contribution >= 4 is 23.3 Å². The number of benzene rings is 1.